The first-order valence-corrected chi connectivity index (χ1v) is 5.71. The van der Waals surface area contributed by atoms with Crippen LogP contribution in [-0.4, -0.2) is 17.5 Å². The van der Waals surface area contributed by atoms with Crippen LogP contribution in [0.5, 0.6) is 0 Å². The van der Waals surface area contributed by atoms with E-state index in [0.717, 1.165) is 12.0 Å². The lowest BCUT2D eigenvalue weighted by Gasteiger charge is -2.17. The Morgan fingerprint density at radius 3 is 2.32 bits per heavy atom. The number of nitrogens with zero attached hydrogens (tertiary/aromatic N) is 1. The molecule has 19 heavy (non-hydrogen) atoms. The molecule has 0 unspecified atom stereocenters. The van der Waals surface area contributed by atoms with Crippen LogP contribution in [0.25, 0.3) is 0 Å². The lowest BCUT2D eigenvalue weighted by Crippen LogP contribution is -2.20. The minimum absolute atomic E-state index is 0.198. The number of amides is 1. The van der Waals surface area contributed by atoms with Gasteiger partial charge in [-0.05, 0) is 35.9 Å². The molecule has 0 aliphatic heterocycles. The number of benzene rings is 2. The van der Waals surface area contributed by atoms with Gasteiger partial charge in [0.2, 0.25) is 6.41 Å². The molecule has 0 saturated carbocycles. The van der Waals surface area contributed by atoms with Crippen LogP contribution in [0.15, 0.2) is 48.5 Å². The summed E-state index contributed by atoms with van der Waals surface area (Å²) in [4.78, 5) is 23.4. The predicted molar refractivity (Wildman–Crippen MR) is 70.9 cm³/mol. The lowest BCUT2D eigenvalue weighted by atomic mass is 10.1. The Balaban J connectivity index is 2.18. The highest BCUT2D eigenvalue weighted by molar-refractivity contribution is 5.88. The molecule has 2 aromatic rings. The highest BCUT2D eigenvalue weighted by Crippen LogP contribution is 2.16. The van der Waals surface area contributed by atoms with Crippen LogP contribution >= 0.6 is 0 Å². The van der Waals surface area contributed by atoms with E-state index in [1.165, 1.54) is 17.0 Å². The number of carboxylic acid groups (broad SMARTS) is 1. The summed E-state index contributed by atoms with van der Waals surface area (Å²) in [6.07, 6.45) is 0.729. The predicted octanol–water partition coefficient (Wildman–Crippen LogP) is 2.35. The highest BCUT2D eigenvalue weighted by atomic mass is 16.4. The number of anilines is 1. The van der Waals surface area contributed by atoms with Crippen molar-refractivity contribution >= 4 is 18.1 Å². The van der Waals surface area contributed by atoms with Crippen LogP contribution in [0, 0.1) is 6.07 Å². The van der Waals surface area contributed by atoms with Crippen molar-refractivity contribution in [1.82, 2.24) is 0 Å². The van der Waals surface area contributed by atoms with Crippen LogP contribution < -0.4 is 4.90 Å². The van der Waals surface area contributed by atoms with Crippen molar-refractivity contribution in [3.05, 3.63) is 65.7 Å². The molecule has 1 radical (unpaired) electrons. The second-order valence-electron chi connectivity index (χ2n) is 3.99. The van der Waals surface area contributed by atoms with Crippen LogP contribution in [0.1, 0.15) is 15.9 Å². The van der Waals surface area contributed by atoms with Crippen molar-refractivity contribution in [2.75, 3.05) is 4.90 Å². The summed E-state index contributed by atoms with van der Waals surface area (Å²) in [5.41, 5.74) is 1.84. The Hall–Kier alpha value is -2.62. The minimum atomic E-state index is -0.984. The van der Waals surface area contributed by atoms with E-state index in [-0.39, 0.29) is 5.56 Å². The number of aromatic carboxylic acids is 1. The zero-order valence-corrected chi connectivity index (χ0v) is 10.1. The molecule has 0 heterocycles. The molecule has 4 heteroatoms. The summed E-state index contributed by atoms with van der Waals surface area (Å²) >= 11 is 0. The maximum Gasteiger partial charge on any atom is 0.335 e. The molecule has 0 bridgehead atoms. The number of carbonyl (C=O) groups is 2. The molecule has 1 amide bonds. The van der Waals surface area contributed by atoms with E-state index in [2.05, 4.69) is 6.07 Å². The molecule has 0 saturated heterocycles. The first-order valence-electron chi connectivity index (χ1n) is 5.71. The first-order chi connectivity index (χ1) is 9.20. The molecule has 0 aliphatic rings. The molecule has 2 rings (SSSR count). The first kappa shape index (κ1) is 12.8. The molecule has 0 aromatic heterocycles. The number of carbonyl (C=O) groups excluding carboxylic acids is 1. The van der Waals surface area contributed by atoms with Crippen molar-refractivity contribution in [3.63, 3.8) is 0 Å². The average Bonchev–Trinajstić information content (AvgIpc) is 2.46. The SMILES string of the molecule is O=CN(Cc1cc[c]cc1)c1ccc(C(=O)O)cc1. The van der Waals surface area contributed by atoms with Gasteiger partial charge in [0.1, 0.15) is 0 Å². The molecule has 0 aliphatic carbocycles. The smallest absolute Gasteiger partial charge is 0.335 e. The van der Waals surface area contributed by atoms with Crippen molar-refractivity contribution in [3.8, 4) is 0 Å². The van der Waals surface area contributed by atoms with E-state index in [0.29, 0.717) is 12.2 Å². The molecule has 0 atom stereocenters. The fourth-order valence-electron chi connectivity index (χ4n) is 1.71. The van der Waals surface area contributed by atoms with Crippen molar-refractivity contribution < 1.29 is 14.7 Å². The molecule has 95 valence electrons. The second kappa shape index (κ2) is 5.82. The van der Waals surface area contributed by atoms with Gasteiger partial charge in [0.15, 0.2) is 0 Å². The Bertz CT molecular complexity index is 564. The highest BCUT2D eigenvalue weighted by Gasteiger charge is 2.08. The Labute approximate surface area is 110 Å². The zero-order valence-electron chi connectivity index (χ0n) is 10.1. The van der Waals surface area contributed by atoms with Crippen LogP contribution in [0.3, 0.4) is 0 Å². The molecule has 4 nitrogen and oxygen atoms in total. The van der Waals surface area contributed by atoms with E-state index in [4.69, 9.17) is 5.11 Å². The molecule has 0 spiro atoms. The fourth-order valence-corrected chi connectivity index (χ4v) is 1.71. The topological polar surface area (TPSA) is 57.6 Å². The van der Waals surface area contributed by atoms with Crippen LogP contribution in [0.4, 0.5) is 5.69 Å². The number of carboxylic acids is 1. The standard InChI is InChI=1S/C15H12NO3/c17-11-16(10-12-4-2-1-3-5-12)14-8-6-13(7-9-14)15(18)19/h2-9,11H,10H2,(H,18,19). The van der Waals surface area contributed by atoms with Gasteiger partial charge < -0.3 is 10.0 Å². The summed E-state index contributed by atoms with van der Waals surface area (Å²) < 4.78 is 0. The van der Waals surface area contributed by atoms with Gasteiger partial charge in [-0.2, -0.15) is 0 Å². The van der Waals surface area contributed by atoms with E-state index in [1.54, 1.807) is 24.3 Å². The van der Waals surface area contributed by atoms with Gasteiger partial charge in [-0.3, -0.25) is 4.79 Å². The number of rotatable bonds is 5. The Kier molecular flexibility index (Phi) is 3.93. The third kappa shape index (κ3) is 3.19. The third-order valence-corrected chi connectivity index (χ3v) is 2.71. The second-order valence-corrected chi connectivity index (χ2v) is 3.99. The summed E-state index contributed by atoms with van der Waals surface area (Å²) in [7, 11) is 0. The minimum Gasteiger partial charge on any atom is -0.478 e. The van der Waals surface area contributed by atoms with Crippen molar-refractivity contribution in [2.45, 2.75) is 6.54 Å². The molecular formula is C15H12NO3. The van der Waals surface area contributed by atoms with Crippen LogP contribution in [0.2, 0.25) is 0 Å². The van der Waals surface area contributed by atoms with Gasteiger partial charge >= 0.3 is 5.97 Å². The average molecular weight is 254 g/mol. The largest absolute Gasteiger partial charge is 0.478 e. The van der Waals surface area contributed by atoms with Gasteiger partial charge in [-0.1, -0.05) is 24.3 Å². The maximum absolute atomic E-state index is 11.1. The molecule has 1 N–H and O–H groups in total. The Morgan fingerprint density at radius 1 is 1.16 bits per heavy atom. The van der Waals surface area contributed by atoms with Crippen molar-refractivity contribution in [2.24, 2.45) is 0 Å². The molecule has 0 fully saturated rings. The van der Waals surface area contributed by atoms with E-state index in [9.17, 15) is 9.59 Å². The van der Waals surface area contributed by atoms with E-state index in [1.807, 2.05) is 12.1 Å². The molecule has 2 aromatic carbocycles. The monoisotopic (exact) mass is 254 g/mol. The van der Waals surface area contributed by atoms with Gasteiger partial charge in [0.25, 0.3) is 0 Å². The normalized spacial score (nSPS) is 9.89. The van der Waals surface area contributed by atoms with E-state index >= 15 is 0 Å². The third-order valence-electron chi connectivity index (χ3n) is 2.71. The van der Waals surface area contributed by atoms with E-state index < -0.39 is 5.97 Å². The Morgan fingerprint density at radius 2 is 1.79 bits per heavy atom. The lowest BCUT2D eigenvalue weighted by molar-refractivity contribution is -0.107. The van der Waals surface area contributed by atoms with Gasteiger partial charge in [-0.15, -0.1) is 0 Å². The fraction of sp³-hybridized carbons (Fsp3) is 0.0667. The summed E-state index contributed by atoms with van der Waals surface area (Å²) in [6.45, 7) is 0.435. The quantitative estimate of drug-likeness (QED) is 0.833. The summed E-state index contributed by atoms with van der Waals surface area (Å²) in [6, 6.07) is 16.4. The summed E-state index contributed by atoms with van der Waals surface area (Å²) in [5, 5.41) is 8.82. The van der Waals surface area contributed by atoms with Gasteiger partial charge in [-0.25, -0.2) is 4.79 Å². The molecular weight excluding hydrogens is 242 g/mol. The number of hydrogen-bond donors (Lipinski definition) is 1. The maximum atomic E-state index is 11.1. The van der Waals surface area contributed by atoms with Crippen LogP contribution in [-0.2, 0) is 11.3 Å². The zero-order chi connectivity index (χ0) is 13.7. The van der Waals surface area contributed by atoms with Gasteiger partial charge in [0, 0.05) is 5.69 Å². The summed E-state index contributed by atoms with van der Waals surface area (Å²) in [5.74, 6) is -0.984. The van der Waals surface area contributed by atoms with Crippen molar-refractivity contribution in [1.29, 1.82) is 0 Å². The number of hydrogen-bond acceptors (Lipinski definition) is 2. The van der Waals surface area contributed by atoms with Gasteiger partial charge in [0.05, 0.1) is 12.1 Å².